The van der Waals surface area contributed by atoms with Crippen molar-refractivity contribution in [2.75, 3.05) is 18.0 Å². The van der Waals surface area contributed by atoms with E-state index >= 15 is 0 Å². The molecule has 0 aromatic heterocycles. The third-order valence-corrected chi connectivity index (χ3v) is 3.73. The van der Waals surface area contributed by atoms with Crippen LogP contribution in [0.1, 0.15) is 24.8 Å². The van der Waals surface area contributed by atoms with Crippen LogP contribution in [0.25, 0.3) is 0 Å². The SMILES string of the molecule is NC(Cc1cc(Cl)ccc1N1CCCCC1)C(=O)O. The third-order valence-electron chi connectivity index (χ3n) is 3.50. The number of aliphatic carboxylic acids is 1. The number of hydrogen-bond donors (Lipinski definition) is 2. The Morgan fingerprint density at radius 2 is 2.05 bits per heavy atom. The van der Waals surface area contributed by atoms with Gasteiger partial charge in [0.25, 0.3) is 0 Å². The van der Waals surface area contributed by atoms with Crippen LogP contribution < -0.4 is 10.6 Å². The molecule has 0 radical (unpaired) electrons. The fraction of sp³-hybridized carbons (Fsp3) is 0.500. The van der Waals surface area contributed by atoms with Gasteiger partial charge in [-0.2, -0.15) is 0 Å². The highest BCUT2D eigenvalue weighted by atomic mass is 35.5. The number of halogens is 1. The molecule has 3 N–H and O–H groups in total. The third kappa shape index (κ3) is 3.61. The van der Waals surface area contributed by atoms with Crippen molar-refractivity contribution in [3.63, 3.8) is 0 Å². The van der Waals surface area contributed by atoms with Crippen LogP contribution in [0.5, 0.6) is 0 Å². The van der Waals surface area contributed by atoms with E-state index in [2.05, 4.69) is 4.90 Å². The summed E-state index contributed by atoms with van der Waals surface area (Å²) in [6.45, 7) is 2.02. The van der Waals surface area contributed by atoms with Gasteiger partial charge in [-0.1, -0.05) is 11.6 Å². The van der Waals surface area contributed by atoms with Crippen LogP contribution in [0.15, 0.2) is 18.2 Å². The minimum Gasteiger partial charge on any atom is -0.480 e. The lowest BCUT2D eigenvalue weighted by atomic mass is 10.0. The number of carbonyl (C=O) groups is 1. The van der Waals surface area contributed by atoms with Gasteiger partial charge in [-0.15, -0.1) is 0 Å². The Balaban J connectivity index is 2.24. The smallest absolute Gasteiger partial charge is 0.320 e. The highest BCUT2D eigenvalue weighted by molar-refractivity contribution is 6.30. The van der Waals surface area contributed by atoms with E-state index in [1.165, 1.54) is 19.3 Å². The maximum Gasteiger partial charge on any atom is 0.320 e. The molecule has 2 rings (SSSR count). The van der Waals surface area contributed by atoms with Crippen molar-refractivity contribution in [3.8, 4) is 0 Å². The van der Waals surface area contributed by atoms with Crippen molar-refractivity contribution in [2.24, 2.45) is 5.73 Å². The fourth-order valence-electron chi connectivity index (χ4n) is 2.49. The Morgan fingerprint density at radius 3 is 2.68 bits per heavy atom. The fourth-order valence-corrected chi connectivity index (χ4v) is 2.68. The largest absolute Gasteiger partial charge is 0.480 e. The molecular formula is C14H19ClN2O2. The number of anilines is 1. The van der Waals surface area contributed by atoms with E-state index in [0.29, 0.717) is 11.4 Å². The molecule has 1 aliphatic heterocycles. The Labute approximate surface area is 118 Å². The zero-order valence-corrected chi connectivity index (χ0v) is 11.6. The molecule has 19 heavy (non-hydrogen) atoms. The normalized spacial score (nSPS) is 17.3. The van der Waals surface area contributed by atoms with Crippen LogP contribution in [0.4, 0.5) is 5.69 Å². The average Bonchev–Trinajstić information content (AvgIpc) is 2.39. The van der Waals surface area contributed by atoms with Gasteiger partial charge < -0.3 is 15.7 Å². The molecule has 0 bridgehead atoms. The summed E-state index contributed by atoms with van der Waals surface area (Å²) in [4.78, 5) is 13.2. The molecule has 0 spiro atoms. The molecule has 0 saturated carbocycles. The van der Waals surface area contributed by atoms with E-state index in [0.717, 1.165) is 24.3 Å². The van der Waals surface area contributed by atoms with Crippen LogP contribution in [0.3, 0.4) is 0 Å². The van der Waals surface area contributed by atoms with Gasteiger partial charge in [-0.05, 0) is 43.0 Å². The summed E-state index contributed by atoms with van der Waals surface area (Å²) in [5.74, 6) is -0.982. The summed E-state index contributed by atoms with van der Waals surface area (Å²) in [6, 6.07) is 4.76. The summed E-state index contributed by atoms with van der Waals surface area (Å²) in [5, 5.41) is 9.56. The van der Waals surface area contributed by atoms with Crippen molar-refractivity contribution >= 4 is 23.3 Å². The first kappa shape index (κ1) is 14.2. The number of carboxylic acid groups (broad SMARTS) is 1. The maximum atomic E-state index is 10.9. The van der Waals surface area contributed by atoms with Gasteiger partial charge >= 0.3 is 5.97 Å². The lowest BCUT2D eigenvalue weighted by Crippen LogP contribution is -2.34. The molecule has 0 aliphatic carbocycles. The molecular weight excluding hydrogens is 264 g/mol. The van der Waals surface area contributed by atoms with Crippen LogP contribution in [0, 0.1) is 0 Å². The van der Waals surface area contributed by atoms with Gasteiger partial charge in [-0.25, -0.2) is 0 Å². The molecule has 1 atom stereocenters. The first-order chi connectivity index (χ1) is 9.08. The second-order valence-electron chi connectivity index (χ2n) is 4.97. The van der Waals surface area contributed by atoms with Gasteiger partial charge in [0, 0.05) is 30.2 Å². The first-order valence-corrected chi connectivity index (χ1v) is 6.97. The minimum atomic E-state index is -0.982. The molecule has 1 heterocycles. The highest BCUT2D eigenvalue weighted by Crippen LogP contribution is 2.27. The Kier molecular flexibility index (Phi) is 4.66. The number of nitrogens with zero attached hydrogens (tertiary/aromatic N) is 1. The van der Waals surface area contributed by atoms with E-state index in [1.54, 1.807) is 0 Å². The number of nitrogens with two attached hydrogens (primary N) is 1. The highest BCUT2D eigenvalue weighted by Gasteiger charge is 2.19. The van der Waals surface area contributed by atoms with E-state index in [1.807, 2.05) is 18.2 Å². The molecule has 1 aromatic rings. The number of carboxylic acids is 1. The van der Waals surface area contributed by atoms with Crippen LogP contribution in [-0.4, -0.2) is 30.2 Å². The molecule has 0 amide bonds. The van der Waals surface area contributed by atoms with Crippen molar-refractivity contribution in [2.45, 2.75) is 31.7 Å². The van der Waals surface area contributed by atoms with Gasteiger partial charge in [0.15, 0.2) is 0 Å². The van der Waals surface area contributed by atoms with Gasteiger partial charge in [0.05, 0.1) is 0 Å². The van der Waals surface area contributed by atoms with Crippen molar-refractivity contribution in [1.29, 1.82) is 0 Å². The van der Waals surface area contributed by atoms with E-state index in [4.69, 9.17) is 22.4 Å². The van der Waals surface area contributed by atoms with Gasteiger partial charge in [-0.3, -0.25) is 4.79 Å². The predicted molar refractivity (Wildman–Crippen MR) is 76.8 cm³/mol. The minimum absolute atomic E-state index is 0.307. The molecule has 1 fully saturated rings. The Hall–Kier alpha value is -1.26. The Morgan fingerprint density at radius 1 is 1.37 bits per heavy atom. The zero-order valence-electron chi connectivity index (χ0n) is 10.8. The van der Waals surface area contributed by atoms with Crippen molar-refractivity contribution in [1.82, 2.24) is 0 Å². The van der Waals surface area contributed by atoms with Crippen LogP contribution in [0.2, 0.25) is 5.02 Å². The molecule has 5 heteroatoms. The topological polar surface area (TPSA) is 66.6 Å². The summed E-state index contributed by atoms with van der Waals surface area (Å²) < 4.78 is 0. The average molecular weight is 283 g/mol. The molecule has 4 nitrogen and oxygen atoms in total. The number of rotatable bonds is 4. The van der Waals surface area contributed by atoms with Crippen LogP contribution in [-0.2, 0) is 11.2 Å². The van der Waals surface area contributed by atoms with Crippen molar-refractivity contribution in [3.05, 3.63) is 28.8 Å². The molecule has 1 aromatic carbocycles. The maximum absolute atomic E-state index is 10.9. The summed E-state index contributed by atoms with van der Waals surface area (Å²) in [7, 11) is 0. The van der Waals surface area contributed by atoms with Crippen molar-refractivity contribution < 1.29 is 9.90 Å². The number of hydrogen-bond acceptors (Lipinski definition) is 3. The lowest BCUT2D eigenvalue weighted by Gasteiger charge is -2.31. The monoisotopic (exact) mass is 282 g/mol. The summed E-state index contributed by atoms with van der Waals surface area (Å²) >= 11 is 6.01. The standard InChI is InChI=1S/C14H19ClN2O2/c15-11-4-5-13(17-6-2-1-3-7-17)10(8-11)9-12(16)14(18)19/h4-5,8,12H,1-3,6-7,9,16H2,(H,18,19). The molecule has 1 unspecified atom stereocenters. The lowest BCUT2D eigenvalue weighted by molar-refractivity contribution is -0.138. The second-order valence-corrected chi connectivity index (χ2v) is 5.41. The first-order valence-electron chi connectivity index (χ1n) is 6.59. The number of piperidine rings is 1. The van der Waals surface area contributed by atoms with E-state index < -0.39 is 12.0 Å². The zero-order chi connectivity index (χ0) is 13.8. The van der Waals surface area contributed by atoms with E-state index in [9.17, 15) is 4.79 Å². The molecule has 104 valence electrons. The quantitative estimate of drug-likeness (QED) is 0.889. The van der Waals surface area contributed by atoms with E-state index in [-0.39, 0.29) is 0 Å². The van der Waals surface area contributed by atoms with Gasteiger partial charge in [0.1, 0.15) is 6.04 Å². The summed E-state index contributed by atoms with van der Waals surface area (Å²) in [6.07, 6.45) is 3.91. The molecule has 1 aliphatic rings. The summed E-state index contributed by atoms with van der Waals surface area (Å²) in [5.41, 5.74) is 7.63. The molecule has 1 saturated heterocycles. The number of benzene rings is 1. The van der Waals surface area contributed by atoms with Gasteiger partial charge in [0.2, 0.25) is 0 Å². The second kappa shape index (κ2) is 6.26. The Bertz CT molecular complexity index is 459. The van der Waals surface area contributed by atoms with Crippen LogP contribution >= 0.6 is 11.6 Å². The predicted octanol–water partition coefficient (Wildman–Crippen LogP) is 2.28.